The number of carbonyl (C=O) groups is 1. The zero-order valence-corrected chi connectivity index (χ0v) is 29.1. The fourth-order valence-electron chi connectivity index (χ4n) is 7.18. The van der Waals surface area contributed by atoms with Crippen LogP contribution in [0.2, 0.25) is 0 Å². The van der Waals surface area contributed by atoms with Gasteiger partial charge in [-0.1, -0.05) is 164 Å². The molecule has 53 heavy (non-hydrogen) atoms. The van der Waals surface area contributed by atoms with Crippen molar-refractivity contribution in [1.29, 1.82) is 0 Å². The highest BCUT2D eigenvalue weighted by molar-refractivity contribution is 5.92. The Morgan fingerprint density at radius 1 is 0.566 bits per heavy atom. The van der Waals surface area contributed by atoms with Crippen LogP contribution in [0.15, 0.2) is 170 Å². The standard InChI is InChI=1S/C46H42O7/c47-41-42(48)45(50)52-40(31-51-46(35-22-10-3-11-23-35,36-24-12-4-13-25-36)37-26-14-5-15-27-37)43(41)53-44(49)38-28-16-21-34(29-32-17-6-1-7-18-32)39(38)30-33-19-8-2-9-20-33/h1-28,40-43,45,47-48,50H,29-31H2/t40-,41-,42-,43-,45+/m1/s1. The number of aliphatic hydroxyl groups excluding tert-OH is 3. The maximum absolute atomic E-state index is 14.3. The molecule has 0 radical (unpaired) electrons. The highest BCUT2D eigenvalue weighted by Gasteiger charge is 2.48. The number of hydrogen-bond acceptors (Lipinski definition) is 7. The van der Waals surface area contributed by atoms with Crippen molar-refractivity contribution < 1.29 is 34.3 Å². The minimum absolute atomic E-state index is 0.220. The van der Waals surface area contributed by atoms with E-state index in [0.29, 0.717) is 18.4 Å². The first kappa shape index (κ1) is 36.0. The van der Waals surface area contributed by atoms with Crippen LogP contribution in [-0.4, -0.2) is 58.6 Å². The zero-order chi connectivity index (χ0) is 36.6. The third-order valence-electron chi connectivity index (χ3n) is 9.86. The predicted molar refractivity (Wildman–Crippen MR) is 202 cm³/mol. The van der Waals surface area contributed by atoms with Crippen LogP contribution in [0.3, 0.4) is 0 Å². The summed E-state index contributed by atoms with van der Waals surface area (Å²) in [4.78, 5) is 14.3. The van der Waals surface area contributed by atoms with Crippen LogP contribution in [0.25, 0.3) is 0 Å². The van der Waals surface area contributed by atoms with Crippen LogP contribution in [0.5, 0.6) is 0 Å². The topological polar surface area (TPSA) is 105 Å². The number of aliphatic hydroxyl groups is 3. The van der Waals surface area contributed by atoms with Gasteiger partial charge in [0.15, 0.2) is 12.4 Å². The third-order valence-corrected chi connectivity index (χ3v) is 9.86. The molecule has 0 spiro atoms. The Hall–Kier alpha value is -5.41. The molecule has 7 heteroatoms. The molecule has 0 amide bonds. The summed E-state index contributed by atoms with van der Waals surface area (Å²) >= 11 is 0. The van der Waals surface area contributed by atoms with Crippen LogP contribution >= 0.6 is 0 Å². The van der Waals surface area contributed by atoms with Crippen molar-refractivity contribution in [2.75, 3.05) is 6.61 Å². The molecular weight excluding hydrogens is 664 g/mol. The zero-order valence-electron chi connectivity index (χ0n) is 29.1. The quantitative estimate of drug-likeness (QED) is 0.0946. The van der Waals surface area contributed by atoms with E-state index in [-0.39, 0.29) is 6.61 Å². The van der Waals surface area contributed by atoms with Crippen LogP contribution in [0.4, 0.5) is 0 Å². The molecule has 5 atom stereocenters. The first-order valence-corrected chi connectivity index (χ1v) is 17.8. The second-order valence-corrected chi connectivity index (χ2v) is 13.3. The monoisotopic (exact) mass is 706 g/mol. The van der Waals surface area contributed by atoms with Crippen molar-refractivity contribution in [2.45, 2.75) is 49.1 Å². The van der Waals surface area contributed by atoms with E-state index in [1.807, 2.05) is 164 Å². The Morgan fingerprint density at radius 3 is 1.55 bits per heavy atom. The Kier molecular flexibility index (Phi) is 11.2. The highest BCUT2D eigenvalue weighted by Crippen LogP contribution is 2.41. The molecule has 0 bridgehead atoms. The van der Waals surface area contributed by atoms with Gasteiger partial charge in [0.2, 0.25) is 0 Å². The Balaban J connectivity index is 1.24. The van der Waals surface area contributed by atoms with E-state index in [1.165, 1.54) is 0 Å². The lowest BCUT2D eigenvalue weighted by molar-refractivity contribution is -0.291. The molecule has 0 saturated carbocycles. The molecule has 1 fully saturated rings. The average molecular weight is 707 g/mol. The molecular formula is C46H42O7. The largest absolute Gasteiger partial charge is 0.453 e. The molecule has 1 saturated heterocycles. The number of hydrogen-bond donors (Lipinski definition) is 3. The van der Waals surface area contributed by atoms with E-state index >= 15 is 0 Å². The number of rotatable bonds is 12. The van der Waals surface area contributed by atoms with Crippen LogP contribution < -0.4 is 0 Å². The number of ether oxygens (including phenoxy) is 3. The first-order chi connectivity index (χ1) is 25.9. The number of benzene rings is 6. The van der Waals surface area contributed by atoms with Crippen LogP contribution in [0, 0.1) is 0 Å². The fourth-order valence-corrected chi connectivity index (χ4v) is 7.18. The van der Waals surface area contributed by atoms with Crippen molar-refractivity contribution in [3.05, 3.63) is 214 Å². The molecule has 1 aliphatic rings. The van der Waals surface area contributed by atoms with Gasteiger partial charge in [-0.2, -0.15) is 0 Å². The van der Waals surface area contributed by atoms with Gasteiger partial charge in [-0.25, -0.2) is 4.79 Å². The van der Waals surface area contributed by atoms with Crippen molar-refractivity contribution in [1.82, 2.24) is 0 Å². The Labute approximate surface area is 309 Å². The van der Waals surface area contributed by atoms with Crippen molar-refractivity contribution in [3.63, 3.8) is 0 Å². The minimum Gasteiger partial charge on any atom is -0.453 e. The molecule has 7 rings (SSSR count). The summed E-state index contributed by atoms with van der Waals surface area (Å²) in [5.74, 6) is -0.687. The second-order valence-electron chi connectivity index (χ2n) is 13.3. The van der Waals surface area contributed by atoms with Gasteiger partial charge in [0, 0.05) is 0 Å². The molecule has 0 unspecified atom stereocenters. The fraction of sp³-hybridized carbons (Fsp3) is 0.196. The normalized spacial score (nSPS) is 20.1. The summed E-state index contributed by atoms with van der Waals surface area (Å²) < 4.78 is 19.0. The van der Waals surface area contributed by atoms with E-state index in [2.05, 4.69) is 0 Å². The van der Waals surface area contributed by atoms with Crippen LogP contribution in [-0.2, 0) is 32.7 Å². The van der Waals surface area contributed by atoms with Gasteiger partial charge in [0.1, 0.15) is 23.9 Å². The molecule has 1 aliphatic heterocycles. The summed E-state index contributed by atoms with van der Waals surface area (Å²) in [6.07, 6.45) is -6.60. The van der Waals surface area contributed by atoms with Gasteiger partial charge >= 0.3 is 5.97 Å². The van der Waals surface area contributed by atoms with E-state index in [1.54, 1.807) is 6.07 Å². The molecule has 7 nitrogen and oxygen atoms in total. The minimum atomic E-state index is -1.74. The molecule has 1 heterocycles. The SMILES string of the molecule is O=C(O[C@H]1[C@H](O)[C@@H](O)[C@@H](O)O[C@@H]1COC(c1ccccc1)(c1ccccc1)c1ccccc1)c1cccc(Cc2ccccc2)c1Cc1ccccc1. The molecule has 3 N–H and O–H groups in total. The molecule has 268 valence electrons. The van der Waals surface area contributed by atoms with Gasteiger partial charge in [-0.3, -0.25) is 0 Å². The number of esters is 1. The Morgan fingerprint density at radius 2 is 1.04 bits per heavy atom. The summed E-state index contributed by atoms with van der Waals surface area (Å²) in [5, 5.41) is 32.9. The maximum Gasteiger partial charge on any atom is 0.338 e. The van der Waals surface area contributed by atoms with Crippen molar-refractivity contribution in [3.8, 4) is 0 Å². The summed E-state index contributed by atoms with van der Waals surface area (Å²) in [6, 6.07) is 54.7. The van der Waals surface area contributed by atoms with E-state index < -0.39 is 42.3 Å². The third kappa shape index (κ3) is 7.86. The maximum atomic E-state index is 14.3. The lowest BCUT2D eigenvalue weighted by Crippen LogP contribution is -2.60. The van der Waals surface area contributed by atoms with Gasteiger partial charge in [0.05, 0.1) is 12.2 Å². The summed E-state index contributed by atoms with van der Waals surface area (Å²) in [5.41, 5.74) is 5.57. The van der Waals surface area contributed by atoms with E-state index in [0.717, 1.165) is 38.9 Å². The lowest BCUT2D eigenvalue weighted by atomic mass is 9.80. The van der Waals surface area contributed by atoms with Gasteiger partial charge in [-0.15, -0.1) is 0 Å². The number of carbonyl (C=O) groups excluding carboxylic acids is 1. The summed E-state index contributed by atoms with van der Waals surface area (Å²) in [6.45, 7) is -0.220. The van der Waals surface area contributed by atoms with Gasteiger partial charge in [-0.05, 0) is 57.9 Å². The first-order valence-electron chi connectivity index (χ1n) is 17.8. The average Bonchev–Trinajstić information content (AvgIpc) is 3.21. The van der Waals surface area contributed by atoms with Gasteiger partial charge in [0.25, 0.3) is 0 Å². The van der Waals surface area contributed by atoms with Crippen LogP contribution in [0.1, 0.15) is 49.3 Å². The smallest absolute Gasteiger partial charge is 0.338 e. The molecule has 0 aromatic heterocycles. The predicted octanol–water partition coefficient (Wildman–Crippen LogP) is 6.84. The molecule has 0 aliphatic carbocycles. The van der Waals surface area contributed by atoms with E-state index in [4.69, 9.17) is 14.2 Å². The molecule has 6 aromatic rings. The highest BCUT2D eigenvalue weighted by atomic mass is 16.7. The van der Waals surface area contributed by atoms with Gasteiger partial charge < -0.3 is 29.5 Å². The Bertz CT molecular complexity index is 1960. The second kappa shape index (κ2) is 16.5. The summed E-state index contributed by atoms with van der Waals surface area (Å²) in [7, 11) is 0. The van der Waals surface area contributed by atoms with Crippen molar-refractivity contribution in [2.24, 2.45) is 0 Å². The van der Waals surface area contributed by atoms with E-state index in [9.17, 15) is 20.1 Å². The molecule has 6 aromatic carbocycles. The lowest BCUT2D eigenvalue weighted by Gasteiger charge is -2.42. The van der Waals surface area contributed by atoms with Crippen molar-refractivity contribution >= 4 is 5.97 Å².